The molecule has 1 aliphatic heterocycles. The Kier molecular flexibility index (Phi) is 5.04. The maximum absolute atomic E-state index is 12.7. The van der Waals surface area contributed by atoms with E-state index in [9.17, 15) is 4.79 Å². The lowest BCUT2D eigenvalue weighted by Gasteiger charge is -2.27. The Hall–Kier alpha value is -2.08. The molecule has 0 spiro atoms. The van der Waals surface area contributed by atoms with Crippen LogP contribution in [0.2, 0.25) is 5.02 Å². The fourth-order valence-corrected chi connectivity index (χ4v) is 3.22. The number of aryl methyl sites for hydroxylation is 1. The highest BCUT2D eigenvalue weighted by molar-refractivity contribution is 6.30. The third-order valence-corrected chi connectivity index (χ3v) is 4.56. The van der Waals surface area contributed by atoms with Gasteiger partial charge in [-0.05, 0) is 37.5 Å². The second-order valence-corrected chi connectivity index (χ2v) is 6.75. The molecule has 6 nitrogen and oxygen atoms in total. The van der Waals surface area contributed by atoms with Crippen molar-refractivity contribution >= 4 is 23.3 Å². The Bertz CT molecular complexity index is 699. The second-order valence-electron chi connectivity index (χ2n) is 6.31. The number of likely N-dealkylation sites (tertiary alicyclic amines) is 1. The molecule has 3 rings (SSSR count). The lowest BCUT2D eigenvalue weighted by atomic mass is 10.2. The maximum atomic E-state index is 12.7. The summed E-state index contributed by atoms with van der Waals surface area (Å²) in [6, 6.07) is 3.82. The highest BCUT2D eigenvalue weighted by Crippen LogP contribution is 2.20. The molecule has 2 aromatic heterocycles. The highest BCUT2D eigenvalue weighted by atomic mass is 35.5. The van der Waals surface area contributed by atoms with E-state index in [0.717, 1.165) is 37.3 Å². The molecule has 1 fully saturated rings. The molecular formula is C17H22ClN5O. The zero-order chi connectivity index (χ0) is 17.1. The third kappa shape index (κ3) is 3.87. The van der Waals surface area contributed by atoms with E-state index < -0.39 is 0 Å². The van der Waals surface area contributed by atoms with Gasteiger partial charge in [-0.2, -0.15) is 5.10 Å². The van der Waals surface area contributed by atoms with Gasteiger partial charge in [-0.25, -0.2) is 4.98 Å². The summed E-state index contributed by atoms with van der Waals surface area (Å²) in [6.45, 7) is 3.90. The Morgan fingerprint density at radius 3 is 2.92 bits per heavy atom. The van der Waals surface area contributed by atoms with Crippen molar-refractivity contribution in [1.29, 1.82) is 0 Å². The van der Waals surface area contributed by atoms with Crippen molar-refractivity contribution in [3.05, 3.63) is 41.3 Å². The minimum atomic E-state index is 0.126. The van der Waals surface area contributed by atoms with Gasteiger partial charge in [0.05, 0.1) is 30.4 Å². The van der Waals surface area contributed by atoms with Crippen LogP contribution in [0.1, 0.15) is 18.4 Å². The van der Waals surface area contributed by atoms with Gasteiger partial charge in [-0.15, -0.1) is 0 Å². The maximum Gasteiger partial charge on any atom is 0.242 e. The van der Waals surface area contributed by atoms with Crippen LogP contribution in [-0.2, 0) is 11.3 Å². The van der Waals surface area contributed by atoms with E-state index in [0.29, 0.717) is 11.6 Å². The highest BCUT2D eigenvalue weighted by Gasteiger charge is 2.29. The van der Waals surface area contributed by atoms with Gasteiger partial charge < -0.3 is 9.80 Å². The SMILES string of the molecule is Cc1cnn(C[C@@H]2CCCN2C(=O)CN(C)c2ccc(Cl)cn2)c1. The van der Waals surface area contributed by atoms with E-state index in [-0.39, 0.29) is 11.9 Å². The number of hydrogen-bond acceptors (Lipinski definition) is 4. The zero-order valence-electron chi connectivity index (χ0n) is 14.0. The van der Waals surface area contributed by atoms with E-state index in [1.807, 2.05) is 46.9 Å². The molecule has 0 aliphatic carbocycles. The standard InChI is InChI=1S/C17H22ClN5O/c1-13-8-20-22(10-13)11-15-4-3-7-23(15)17(24)12-21(2)16-6-5-14(18)9-19-16/h5-6,8-10,15H,3-4,7,11-12H2,1-2H3/t15-/m0/s1. The summed E-state index contributed by atoms with van der Waals surface area (Å²) in [5.41, 5.74) is 1.14. The topological polar surface area (TPSA) is 54.3 Å². The van der Waals surface area contributed by atoms with Crippen molar-refractivity contribution in [2.45, 2.75) is 32.4 Å². The predicted molar refractivity (Wildman–Crippen MR) is 94.2 cm³/mol. The first-order valence-electron chi connectivity index (χ1n) is 8.14. The van der Waals surface area contributed by atoms with E-state index in [1.165, 1.54) is 0 Å². The van der Waals surface area contributed by atoms with E-state index in [1.54, 1.807) is 12.3 Å². The average molecular weight is 348 g/mol. The number of anilines is 1. The fraction of sp³-hybridized carbons (Fsp3) is 0.471. The van der Waals surface area contributed by atoms with Gasteiger partial charge in [-0.1, -0.05) is 11.6 Å². The molecule has 0 saturated carbocycles. The van der Waals surface area contributed by atoms with Crippen LogP contribution in [0.5, 0.6) is 0 Å². The Labute approximate surface area is 147 Å². The van der Waals surface area contributed by atoms with Gasteiger partial charge in [0.15, 0.2) is 0 Å². The van der Waals surface area contributed by atoms with Crippen molar-refractivity contribution in [2.75, 3.05) is 25.0 Å². The van der Waals surface area contributed by atoms with Crippen molar-refractivity contribution < 1.29 is 4.79 Å². The monoisotopic (exact) mass is 347 g/mol. The summed E-state index contributed by atoms with van der Waals surface area (Å²) in [6.07, 6.45) is 7.52. The average Bonchev–Trinajstić information content (AvgIpc) is 3.17. The van der Waals surface area contributed by atoms with Crippen molar-refractivity contribution in [2.24, 2.45) is 0 Å². The normalized spacial score (nSPS) is 17.3. The van der Waals surface area contributed by atoms with Gasteiger partial charge in [-0.3, -0.25) is 9.48 Å². The molecule has 3 heterocycles. The van der Waals surface area contributed by atoms with E-state index in [4.69, 9.17) is 11.6 Å². The van der Waals surface area contributed by atoms with Gasteiger partial charge in [0.25, 0.3) is 0 Å². The molecule has 7 heteroatoms. The van der Waals surface area contributed by atoms with Crippen LogP contribution < -0.4 is 4.90 Å². The molecule has 0 aromatic carbocycles. The molecule has 24 heavy (non-hydrogen) atoms. The lowest BCUT2D eigenvalue weighted by Crippen LogP contribution is -2.43. The first-order valence-corrected chi connectivity index (χ1v) is 8.52. The number of rotatable bonds is 5. The molecule has 1 saturated heterocycles. The smallest absolute Gasteiger partial charge is 0.242 e. The minimum Gasteiger partial charge on any atom is -0.350 e. The number of aromatic nitrogens is 3. The van der Waals surface area contributed by atoms with Crippen LogP contribution in [0.4, 0.5) is 5.82 Å². The zero-order valence-corrected chi connectivity index (χ0v) is 14.8. The van der Waals surface area contributed by atoms with Crippen molar-refractivity contribution in [3.8, 4) is 0 Å². The molecule has 0 radical (unpaired) electrons. The Balaban J connectivity index is 1.61. The van der Waals surface area contributed by atoms with Crippen LogP contribution >= 0.6 is 11.6 Å². The third-order valence-electron chi connectivity index (χ3n) is 4.33. The summed E-state index contributed by atoms with van der Waals surface area (Å²) in [7, 11) is 1.87. The van der Waals surface area contributed by atoms with Gasteiger partial charge in [0, 0.05) is 26.0 Å². The number of pyridine rings is 1. The number of halogens is 1. The van der Waals surface area contributed by atoms with Crippen LogP contribution in [0.25, 0.3) is 0 Å². The molecule has 2 aromatic rings. The largest absolute Gasteiger partial charge is 0.350 e. The Morgan fingerprint density at radius 2 is 2.25 bits per heavy atom. The van der Waals surface area contributed by atoms with Gasteiger partial charge in [0.1, 0.15) is 5.82 Å². The molecule has 0 unspecified atom stereocenters. The van der Waals surface area contributed by atoms with Crippen LogP contribution in [0, 0.1) is 6.92 Å². The van der Waals surface area contributed by atoms with Gasteiger partial charge >= 0.3 is 0 Å². The first kappa shape index (κ1) is 16.8. The van der Waals surface area contributed by atoms with Crippen LogP contribution in [0.15, 0.2) is 30.7 Å². The van der Waals surface area contributed by atoms with Crippen LogP contribution in [0.3, 0.4) is 0 Å². The summed E-state index contributed by atoms with van der Waals surface area (Å²) in [5.74, 6) is 0.867. The number of likely N-dealkylation sites (N-methyl/N-ethyl adjacent to an activating group) is 1. The predicted octanol–water partition coefficient (Wildman–Crippen LogP) is 2.37. The summed E-state index contributed by atoms with van der Waals surface area (Å²) >= 11 is 5.86. The van der Waals surface area contributed by atoms with E-state index in [2.05, 4.69) is 10.1 Å². The lowest BCUT2D eigenvalue weighted by molar-refractivity contribution is -0.130. The molecule has 128 valence electrons. The number of amides is 1. The van der Waals surface area contributed by atoms with Crippen molar-refractivity contribution in [1.82, 2.24) is 19.7 Å². The number of nitrogens with zero attached hydrogens (tertiary/aromatic N) is 5. The van der Waals surface area contributed by atoms with Gasteiger partial charge in [0.2, 0.25) is 5.91 Å². The summed E-state index contributed by atoms with van der Waals surface area (Å²) in [4.78, 5) is 20.8. The van der Waals surface area contributed by atoms with Crippen molar-refractivity contribution in [3.63, 3.8) is 0 Å². The molecule has 1 atom stereocenters. The molecule has 0 N–H and O–H groups in total. The number of hydrogen-bond donors (Lipinski definition) is 0. The number of carbonyl (C=O) groups is 1. The second kappa shape index (κ2) is 7.21. The molecule has 1 amide bonds. The van der Waals surface area contributed by atoms with Crippen LogP contribution in [-0.4, -0.2) is 51.8 Å². The summed E-state index contributed by atoms with van der Waals surface area (Å²) in [5, 5.41) is 4.93. The minimum absolute atomic E-state index is 0.126. The Morgan fingerprint density at radius 1 is 1.42 bits per heavy atom. The quantitative estimate of drug-likeness (QED) is 0.833. The number of carbonyl (C=O) groups excluding carboxylic acids is 1. The summed E-state index contributed by atoms with van der Waals surface area (Å²) < 4.78 is 1.93. The molecule has 1 aliphatic rings. The van der Waals surface area contributed by atoms with E-state index >= 15 is 0 Å². The fourth-order valence-electron chi connectivity index (χ4n) is 3.11. The molecular weight excluding hydrogens is 326 g/mol. The first-order chi connectivity index (χ1) is 11.5. The molecule has 0 bridgehead atoms.